The van der Waals surface area contributed by atoms with Crippen molar-refractivity contribution in [3.05, 3.63) is 59.7 Å². The largest absolute Gasteiger partial charge is 0.307 e. The average molecular weight is 483 g/mol. The number of amides is 2. The predicted octanol–water partition coefficient (Wildman–Crippen LogP) is 3.17. The van der Waals surface area contributed by atoms with Gasteiger partial charge in [0.25, 0.3) is 5.91 Å². The summed E-state index contributed by atoms with van der Waals surface area (Å²) in [5, 5.41) is 5.79. The van der Waals surface area contributed by atoms with Crippen molar-refractivity contribution in [2.24, 2.45) is 5.10 Å². The Morgan fingerprint density at radius 1 is 1.03 bits per heavy atom. The van der Waals surface area contributed by atoms with E-state index in [1.54, 1.807) is 23.1 Å². The van der Waals surface area contributed by atoms with Crippen molar-refractivity contribution in [2.45, 2.75) is 51.0 Å². The molecule has 0 bridgehead atoms. The number of anilines is 1. The molecule has 2 aromatic carbocycles. The maximum Gasteiger partial charge on any atom is 0.274 e. The van der Waals surface area contributed by atoms with Gasteiger partial charge in [-0.25, -0.2) is 13.4 Å². The monoisotopic (exact) mass is 482 g/mol. The number of carbonyl (C=O) groups is 2. The molecule has 9 heteroatoms. The Balaban J connectivity index is 1.59. The first-order valence-corrected chi connectivity index (χ1v) is 13.2. The van der Waals surface area contributed by atoms with Crippen LogP contribution in [0.15, 0.2) is 58.5 Å². The lowest BCUT2D eigenvalue weighted by Gasteiger charge is -2.32. The molecule has 2 aliphatic heterocycles. The van der Waals surface area contributed by atoms with Crippen LogP contribution in [0.4, 0.5) is 5.69 Å². The van der Waals surface area contributed by atoms with Gasteiger partial charge in [0.1, 0.15) is 5.71 Å². The molecule has 8 nitrogen and oxygen atoms in total. The van der Waals surface area contributed by atoms with E-state index in [2.05, 4.69) is 5.10 Å². The minimum Gasteiger partial charge on any atom is -0.307 e. The van der Waals surface area contributed by atoms with E-state index < -0.39 is 10.0 Å². The molecule has 0 atom stereocenters. The summed E-state index contributed by atoms with van der Waals surface area (Å²) < 4.78 is 27.3. The molecule has 2 aromatic rings. The third-order valence-corrected chi connectivity index (χ3v) is 8.33. The van der Waals surface area contributed by atoms with Gasteiger partial charge in [-0.3, -0.25) is 9.59 Å². The van der Waals surface area contributed by atoms with E-state index in [1.165, 1.54) is 9.31 Å². The Morgan fingerprint density at radius 3 is 2.47 bits per heavy atom. The summed E-state index contributed by atoms with van der Waals surface area (Å²) in [5.74, 6) is -0.337. The molecule has 0 saturated carbocycles. The van der Waals surface area contributed by atoms with Gasteiger partial charge >= 0.3 is 0 Å². The number of hydrogen-bond acceptors (Lipinski definition) is 5. The first-order valence-electron chi connectivity index (χ1n) is 11.7. The van der Waals surface area contributed by atoms with E-state index in [-0.39, 0.29) is 23.1 Å². The summed E-state index contributed by atoms with van der Waals surface area (Å²) >= 11 is 0. The van der Waals surface area contributed by atoms with E-state index in [1.807, 2.05) is 44.2 Å². The summed E-state index contributed by atoms with van der Waals surface area (Å²) in [6.07, 6.45) is 1.96. The number of fused-ring (bicyclic) bond motifs is 1. The average Bonchev–Trinajstić information content (AvgIpc) is 2.85. The maximum atomic E-state index is 13.4. The zero-order valence-corrected chi connectivity index (χ0v) is 20.4. The lowest BCUT2D eigenvalue weighted by Crippen LogP contribution is -2.43. The molecule has 0 saturated heterocycles. The minimum atomic E-state index is -3.57. The first-order chi connectivity index (χ1) is 16.3. The van der Waals surface area contributed by atoms with Crippen LogP contribution in [-0.4, -0.2) is 54.9 Å². The topological polar surface area (TPSA) is 90.4 Å². The van der Waals surface area contributed by atoms with Gasteiger partial charge in [0.2, 0.25) is 15.9 Å². The molecule has 34 heavy (non-hydrogen) atoms. The van der Waals surface area contributed by atoms with Crippen LogP contribution in [0, 0.1) is 0 Å². The molecule has 4 rings (SSSR count). The fourth-order valence-corrected chi connectivity index (χ4v) is 5.96. The molecule has 2 aliphatic rings. The number of rotatable bonds is 7. The number of hydrogen-bond donors (Lipinski definition) is 0. The summed E-state index contributed by atoms with van der Waals surface area (Å²) in [6.45, 7) is 5.28. The summed E-state index contributed by atoms with van der Waals surface area (Å²) in [5.41, 5.74) is 2.84. The minimum absolute atomic E-state index is 0.106. The van der Waals surface area contributed by atoms with Crippen molar-refractivity contribution in [3.8, 4) is 0 Å². The van der Waals surface area contributed by atoms with Crippen molar-refractivity contribution in [3.63, 3.8) is 0 Å². The van der Waals surface area contributed by atoms with Crippen molar-refractivity contribution < 1.29 is 18.0 Å². The Hall–Kier alpha value is -3.04. The van der Waals surface area contributed by atoms with Crippen LogP contribution in [0.2, 0.25) is 0 Å². The zero-order valence-electron chi connectivity index (χ0n) is 19.6. The van der Waals surface area contributed by atoms with E-state index in [4.69, 9.17) is 0 Å². The number of aryl methyl sites for hydroxylation is 1. The van der Waals surface area contributed by atoms with Gasteiger partial charge in [-0.1, -0.05) is 44.2 Å². The number of benzene rings is 2. The maximum absolute atomic E-state index is 13.4. The molecule has 0 fully saturated rings. The smallest absolute Gasteiger partial charge is 0.274 e. The zero-order chi connectivity index (χ0) is 24.3. The van der Waals surface area contributed by atoms with Crippen LogP contribution in [0.1, 0.15) is 44.2 Å². The third kappa shape index (κ3) is 4.76. The standard InChI is InChI=1S/C25H30N4O4S/c1-3-27(4-2)34(32,33)21-12-14-23-20(17-21)11-8-16-28(23)25(31)22-13-15-24(30)29(26-22)18-19-9-6-5-7-10-19/h5-7,9-10,12,14,17H,3-4,8,11,13,15-16,18H2,1-2H3. The fourth-order valence-electron chi connectivity index (χ4n) is 4.45. The second-order valence-corrected chi connectivity index (χ2v) is 10.4. The third-order valence-electron chi connectivity index (χ3n) is 6.28. The van der Waals surface area contributed by atoms with E-state index in [0.717, 1.165) is 17.5 Å². The highest BCUT2D eigenvalue weighted by Crippen LogP contribution is 2.31. The Labute approximate surface area is 200 Å². The molecule has 0 unspecified atom stereocenters. The van der Waals surface area contributed by atoms with Crippen molar-refractivity contribution in [1.29, 1.82) is 0 Å². The Bertz CT molecular complexity index is 1210. The second-order valence-electron chi connectivity index (χ2n) is 8.42. The highest BCUT2D eigenvalue weighted by atomic mass is 32.2. The lowest BCUT2D eigenvalue weighted by molar-refractivity contribution is -0.132. The molecule has 0 aromatic heterocycles. The number of hydrazone groups is 1. The van der Waals surface area contributed by atoms with Gasteiger partial charge in [-0.2, -0.15) is 9.41 Å². The lowest BCUT2D eigenvalue weighted by atomic mass is 10.0. The summed E-state index contributed by atoms with van der Waals surface area (Å²) in [7, 11) is -3.57. The second kappa shape index (κ2) is 10.1. The van der Waals surface area contributed by atoms with Crippen molar-refractivity contribution in [2.75, 3.05) is 24.5 Å². The molecule has 180 valence electrons. The van der Waals surface area contributed by atoms with Crippen LogP contribution >= 0.6 is 0 Å². The van der Waals surface area contributed by atoms with Gasteiger partial charge in [-0.05, 0) is 42.2 Å². The van der Waals surface area contributed by atoms with Crippen molar-refractivity contribution in [1.82, 2.24) is 9.31 Å². The fraction of sp³-hybridized carbons (Fsp3) is 0.400. The summed E-state index contributed by atoms with van der Waals surface area (Å²) in [4.78, 5) is 27.8. The Kier molecular flexibility index (Phi) is 7.13. The normalized spacial score (nSPS) is 16.4. The van der Waals surface area contributed by atoms with Crippen LogP contribution in [0.5, 0.6) is 0 Å². The van der Waals surface area contributed by atoms with Gasteiger partial charge < -0.3 is 4.90 Å². The highest BCUT2D eigenvalue weighted by Gasteiger charge is 2.31. The molecule has 0 aliphatic carbocycles. The van der Waals surface area contributed by atoms with Crippen molar-refractivity contribution >= 4 is 33.2 Å². The van der Waals surface area contributed by atoms with E-state index in [0.29, 0.717) is 50.4 Å². The first kappa shape index (κ1) is 24.1. The van der Waals surface area contributed by atoms with Crippen LogP contribution in [0.3, 0.4) is 0 Å². The molecule has 0 radical (unpaired) electrons. The van der Waals surface area contributed by atoms with Crippen LogP contribution < -0.4 is 4.90 Å². The van der Waals surface area contributed by atoms with Gasteiger partial charge in [0.15, 0.2) is 0 Å². The van der Waals surface area contributed by atoms with Gasteiger partial charge in [0.05, 0.1) is 11.4 Å². The Morgan fingerprint density at radius 2 is 1.76 bits per heavy atom. The number of nitrogens with zero attached hydrogens (tertiary/aromatic N) is 4. The van der Waals surface area contributed by atoms with Gasteiger partial charge in [-0.15, -0.1) is 0 Å². The van der Waals surface area contributed by atoms with Gasteiger partial charge in [0, 0.05) is 38.2 Å². The predicted molar refractivity (Wildman–Crippen MR) is 131 cm³/mol. The molecular formula is C25H30N4O4S. The molecule has 0 spiro atoms. The number of sulfonamides is 1. The molecule has 0 N–H and O–H groups in total. The molecule has 2 heterocycles. The van der Waals surface area contributed by atoms with E-state index in [9.17, 15) is 18.0 Å². The number of carbonyl (C=O) groups excluding carboxylic acids is 2. The SMILES string of the molecule is CCN(CC)S(=O)(=O)c1ccc2c(c1)CCCN2C(=O)C1=NN(Cc2ccccc2)C(=O)CC1. The summed E-state index contributed by atoms with van der Waals surface area (Å²) in [6, 6.07) is 14.5. The van der Waals surface area contributed by atoms with E-state index >= 15 is 0 Å². The molecule has 2 amide bonds. The van der Waals surface area contributed by atoms with Crippen LogP contribution in [0.25, 0.3) is 0 Å². The van der Waals surface area contributed by atoms with Crippen LogP contribution in [-0.2, 0) is 32.6 Å². The molecular weight excluding hydrogens is 452 g/mol. The highest BCUT2D eigenvalue weighted by molar-refractivity contribution is 7.89. The quantitative estimate of drug-likeness (QED) is 0.606.